The maximum Gasteiger partial charge on any atom is 0.303 e. The number of nitrogens with two attached hydrogens (primary N) is 1. The lowest BCUT2D eigenvalue weighted by Gasteiger charge is -2.17. The number of aliphatic carboxylic acids is 1. The van der Waals surface area contributed by atoms with E-state index in [4.69, 9.17) is 22.7 Å². The number of unbranched alkanes of at least 4 members (excludes halogenated alkanes) is 1. The topological polar surface area (TPSA) is 121 Å². The minimum Gasteiger partial charge on any atom is -0.481 e. The molecule has 1 unspecified atom stereocenters. The van der Waals surface area contributed by atoms with Crippen molar-refractivity contribution in [3.63, 3.8) is 0 Å². The Morgan fingerprint density at radius 1 is 0.972 bits per heavy atom. The zero-order chi connectivity index (χ0) is 26.5. The first-order chi connectivity index (χ1) is 17.2. The molecule has 0 aliphatic rings. The molecule has 2 aromatic carbocycles. The number of Topliss-reactive ketones (excluding diaryl/α,β-unsaturated/α-hetero) is 2. The van der Waals surface area contributed by atoms with Gasteiger partial charge in [-0.3, -0.25) is 19.8 Å². The average Bonchev–Trinajstić information content (AvgIpc) is 2.82. The van der Waals surface area contributed by atoms with Gasteiger partial charge in [0, 0.05) is 41.2 Å². The van der Waals surface area contributed by atoms with Crippen molar-refractivity contribution in [3.05, 3.63) is 64.2 Å². The number of amidine groups is 1. The molecule has 0 saturated heterocycles. The van der Waals surface area contributed by atoms with Crippen molar-refractivity contribution in [2.24, 2.45) is 5.73 Å². The van der Waals surface area contributed by atoms with Crippen molar-refractivity contribution in [1.29, 1.82) is 5.41 Å². The molecule has 0 bridgehead atoms. The molecule has 0 spiro atoms. The summed E-state index contributed by atoms with van der Waals surface area (Å²) in [5.74, 6) is -0.787. The van der Waals surface area contributed by atoms with Crippen LogP contribution in [0.25, 0.3) is 0 Å². The second kappa shape index (κ2) is 15.5. The van der Waals surface area contributed by atoms with Crippen LogP contribution in [0.15, 0.2) is 47.4 Å². The number of carbonyl (C=O) groups is 3. The zero-order valence-electron chi connectivity index (χ0n) is 20.5. The monoisotopic (exact) mass is 530 g/mol. The minimum absolute atomic E-state index is 0.0396. The van der Waals surface area contributed by atoms with Gasteiger partial charge in [0.25, 0.3) is 0 Å². The van der Waals surface area contributed by atoms with Crippen LogP contribution in [0.4, 0.5) is 0 Å². The van der Waals surface area contributed by atoms with Gasteiger partial charge in [-0.15, -0.1) is 12.6 Å². The van der Waals surface area contributed by atoms with E-state index in [0.29, 0.717) is 66.8 Å². The first-order valence-corrected chi connectivity index (χ1v) is 13.1. The van der Waals surface area contributed by atoms with Crippen molar-refractivity contribution in [2.75, 3.05) is 0 Å². The summed E-state index contributed by atoms with van der Waals surface area (Å²) in [6.45, 7) is 0. The number of aryl methyl sites for hydroxylation is 1. The van der Waals surface area contributed by atoms with E-state index in [2.05, 4.69) is 12.6 Å². The fraction of sp³-hybridized carbons (Fsp3) is 0.429. The van der Waals surface area contributed by atoms with E-state index in [-0.39, 0.29) is 29.7 Å². The van der Waals surface area contributed by atoms with Crippen LogP contribution in [0.3, 0.4) is 0 Å². The van der Waals surface area contributed by atoms with Crippen LogP contribution in [-0.4, -0.2) is 28.5 Å². The van der Waals surface area contributed by atoms with Gasteiger partial charge in [0.05, 0.1) is 12.3 Å². The van der Waals surface area contributed by atoms with E-state index in [1.807, 2.05) is 24.3 Å². The largest absolute Gasteiger partial charge is 0.481 e. The molecule has 0 saturated carbocycles. The number of hydrogen-bond donors (Lipinski definition) is 4. The standard InChI is InChI=1S/C28H35ClN2O4S/c29-22-14-15-26(36)24(18-22)20(17-28(34)35)8-5-11-23(32)10-1-2-12-25(33)21-9-3-6-19(16-21)7-4-13-27(30)31/h3,6,9,14-16,18,20,36H,1-2,4-5,7-8,10-13,17H2,(H3,30,31)(H,34,35). The molecule has 8 heteroatoms. The van der Waals surface area contributed by atoms with Crippen LogP contribution in [0.5, 0.6) is 0 Å². The van der Waals surface area contributed by atoms with Gasteiger partial charge in [0.15, 0.2) is 5.78 Å². The van der Waals surface area contributed by atoms with Crippen molar-refractivity contribution < 1.29 is 19.5 Å². The summed E-state index contributed by atoms with van der Waals surface area (Å²) in [6.07, 6.45) is 5.69. The van der Waals surface area contributed by atoms with E-state index in [0.717, 1.165) is 24.0 Å². The molecule has 0 aromatic heterocycles. The number of carboxylic acid groups (broad SMARTS) is 1. The van der Waals surface area contributed by atoms with Crippen molar-refractivity contribution in [1.82, 2.24) is 0 Å². The highest BCUT2D eigenvalue weighted by molar-refractivity contribution is 7.80. The number of benzene rings is 2. The number of thiol groups is 1. The zero-order valence-corrected chi connectivity index (χ0v) is 22.1. The summed E-state index contributed by atoms with van der Waals surface area (Å²) in [5, 5.41) is 17.1. The Labute approximate surface area is 223 Å². The van der Waals surface area contributed by atoms with Gasteiger partial charge >= 0.3 is 5.97 Å². The third kappa shape index (κ3) is 11.0. The molecule has 0 aliphatic heterocycles. The maximum atomic E-state index is 12.5. The van der Waals surface area contributed by atoms with Crippen LogP contribution in [0.2, 0.25) is 5.02 Å². The summed E-state index contributed by atoms with van der Waals surface area (Å²) in [6, 6.07) is 12.8. The lowest BCUT2D eigenvalue weighted by molar-refractivity contribution is -0.137. The molecule has 0 fully saturated rings. The molecule has 1 atom stereocenters. The molecule has 2 aromatic rings. The Kier molecular flexibility index (Phi) is 12.7. The predicted octanol–water partition coefficient (Wildman–Crippen LogP) is 6.63. The molecule has 0 heterocycles. The van der Waals surface area contributed by atoms with E-state index in [1.54, 1.807) is 18.2 Å². The van der Waals surface area contributed by atoms with E-state index < -0.39 is 5.97 Å². The smallest absolute Gasteiger partial charge is 0.303 e. The lowest BCUT2D eigenvalue weighted by atomic mass is 9.90. The lowest BCUT2D eigenvalue weighted by Crippen LogP contribution is -2.09. The Hall–Kier alpha value is -2.64. The van der Waals surface area contributed by atoms with E-state index >= 15 is 0 Å². The van der Waals surface area contributed by atoms with Crippen molar-refractivity contribution in [3.8, 4) is 0 Å². The molecule has 2 rings (SSSR count). The van der Waals surface area contributed by atoms with Gasteiger partial charge in [-0.2, -0.15) is 0 Å². The third-order valence-corrected chi connectivity index (χ3v) is 6.77. The van der Waals surface area contributed by atoms with Gasteiger partial charge in [0.2, 0.25) is 0 Å². The van der Waals surface area contributed by atoms with Gasteiger partial charge in [-0.1, -0.05) is 29.8 Å². The second-order valence-electron chi connectivity index (χ2n) is 9.14. The minimum atomic E-state index is -0.898. The number of nitrogens with one attached hydrogen (secondary N) is 1. The normalized spacial score (nSPS) is 11.7. The van der Waals surface area contributed by atoms with Crippen LogP contribution >= 0.6 is 24.2 Å². The summed E-state index contributed by atoms with van der Waals surface area (Å²) < 4.78 is 0. The van der Waals surface area contributed by atoms with Gasteiger partial charge in [-0.05, 0) is 79.8 Å². The molecular weight excluding hydrogens is 496 g/mol. The van der Waals surface area contributed by atoms with E-state index in [1.165, 1.54) is 0 Å². The molecule has 0 amide bonds. The molecule has 0 aliphatic carbocycles. The molecule has 4 N–H and O–H groups in total. The van der Waals surface area contributed by atoms with E-state index in [9.17, 15) is 19.5 Å². The third-order valence-electron chi connectivity index (χ3n) is 6.13. The summed E-state index contributed by atoms with van der Waals surface area (Å²) in [7, 11) is 0. The number of hydrogen-bond acceptors (Lipinski definition) is 5. The van der Waals surface area contributed by atoms with Crippen molar-refractivity contribution in [2.45, 2.75) is 81.4 Å². The maximum absolute atomic E-state index is 12.5. The number of halogens is 1. The summed E-state index contributed by atoms with van der Waals surface area (Å²) in [5.41, 5.74) is 7.92. The quantitative estimate of drug-likeness (QED) is 0.0601. The van der Waals surface area contributed by atoms with Gasteiger partial charge < -0.3 is 10.8 Å². The number of rotatable bonds is 17. The molecule has 0 radical (unpaired) electrons. The first-order valence-electron chi connectivity index (χ1n) is 12.3. The number of carbonyl (C=O) groups excluding carboxylic acids is 2. The Balaban J connectivity index is 1.73. The van der Waals surface area contributed by atoms with Crippen LogP contribution in [-0.2, 0) is 16.0 Å². The molecular formula is C28H35ClN2O4S. The molecule has 194 valence electrons. The van der Waals surface area contributed by atoms with Gasteiger partial charge in [-0.25, -0.2) is 0 Å². The number of carboxylic acids is 1. The van der Waals surface area contributed by atoms with Crippen LogP contribution in [0.1, 0.15) is 91.6 Å². The molecule has 36 heavy (non-hydrogen) atoms. The highest BCUT2D eigenvalue weighted by Crippen LogP contribution is 2.32. The summed E-state index contributed by atoms with van der Waals surface area (Å²) in [4.78, 5) is 36.9. The van der Waals surface area contributed by atoms with Crippen LogP contribution in [0, 0.1) is 5.41 Å². The van der Waals surface area contributed by atoms with Crippen LogP contribution < -0.4 is 5.73 Å². The summed E-state index contributed by atoms with van der Waals surface area (Å²) >= 11 is 10.5. The first kappa shape index (κ1) is 29.6. The Morgan fingerprint density at radius 2 is 1.69 bits per heavy atom. The second-order valence-corrected chi connectivity index (χ2v) is 10.1. The average molecular weight is 531 g/mol. The highest BCUT2D eigenvalue weighted by atomic mass is 35.5. The Morgan fingerprint density at radius 3 is 2.42 bits per heavy atom. The fourth-order valence-electron chi connectivity index (χ4n) is 4.24. The highest BCUT2D eigenvalue weighted by Gasteiger charge is 2.19. The Bertz CT molecular complexity index is 1070. The fourth-order valence-corrected chi connectivity index (χ4v) is 4.74. The van der Waals surface area contributed by atoms with Crippen molar-refractivity contribution >= 4 is 47.6 Å². The number of ketones is 2. The SMILES string of the molecule is N=C(N)CCCc1cccc(C(=O)CCCCC(=O)CCCC(CC(=O)O)c2cc(Cl)ccc2S)c1. The predicted molar refractivity (Wildman–Crippen MR) is 147 cm³/mol. The van der Waals surface area contributed by atoms with Gasteiger partial charge in [0.1, 0.15) is 5.78 Å². The molecule has 6 nitrogen and oxygen atoms in total.